The van der Waals surface area contributed by atoms with Crippen LogP contribution in [0.15, 0.2) is 30.9 Å². The van der Waals surface area contributed by atoms with E-state index >= 15 is 0 Å². The first-order valence-electron chi connectivity index (χ1n) is 8.37. The number of hydrogen-bond acceptors (Lipinski definition) is 3. The molecule has 1 aromatic heterocycles. The molecular weight excluding hydrogens is 352 g/mol. The van der Waals surface area contributed by atoms with Crippen molar-refractivity contribution in [2.45, 2.75) is 34.2 Å². The molecule has 1 heterocycles. The standard InChI is InChI=1S/C20H23ClN2O3/c1-6-10-23-14(5)17(13(4)18(23)20(25)26-7-2)19(24)22-15-9-8-12(3)16(21)11-15/h6,8-9,11H,1,7,10H2,2-5H3,(H,22,24). The van der Waals surface area contributed by atoms with E-state index in [1.807, 2.05) is 13.0 Å². The van der Waals surface area contributed by atoms with Gasteiger partial charge in [-0.15, -0.1) is 6.58 Å². The number of ether oxygens (including phenoxy) is 1. The van der Waals surface area contributed by atoms with E-state index in [2.05, 4.69) is 11.9 Å². The first kappa shape index (κ1) is 19.8. The van der Waals surface area contributed by atoms with Gasteiger partial charge in [-0.05, 0) is 51.0 Å². The van der Waals surface area contributed by atoms with Crippen LogP contribution in [-0.2, 0) is 11.3 Å². The molecule has 2 aromatic rings. The van der Waals surface area contributed by atoms with Crippen molar-refractivity contribution in [3.63, 3.8) is 0 Å². The van der Waals surface area contributed by atoms with Crippen LogP contribution in [0.1, 0.15) is 44.6 Å². The third-order valence-corrected chi connectivity index (χ3v) is 4.61. The quantitative estimate of drug-likeness (QED) is 0.589. The van der Waals surface area contributed by atoms with Crippen LogP contribution in [-0.4, -0.2) is 23.1 Å². The van der Waals surface area contributed by atoms with Gasteiger partial charge in [0, 0.05) is 22.9 Å². The number of benzene rings is 1. The Morgan fingerprint density at radius 1 is 1.31 bits per heavy atom. The van der Waals surface area contributed by atoms with Gasteiger partial charge in [0.1, 0.15) is 5.69 Å². The van der Waals surface area contributed by atoms with Crippen LogP contribution in [0, 0.1) is 20.8 Å². The van der Waals surface area contributed by atoms with Crippen LogP contribution in [0.25, 0.3) is 0 Å². The summed E-state index contributed by atoms with van der Waals surface area (Å²) in [5, 5.41) is 3.42. The molecule has 0 aliphatic rings. The Bertz CT molecular complexity index is 868. The van der Waals surface area contributed by atoms with Crippen molar-refractivity contribution in [3.05, 3.63) is 64.0 Å². The summed E-state index contributed by atoms with van der Waals surface area (Å²) in [5.41, 5.74) is 3.61. The zero-order chi connectivity index (χ0) is 19.4. The Morgan fingerprint density at radius 3 is 2.58 bits per heavy atom. The zero-order valence-electron chi connectivity index (χ0n) is 15.5. The number of aromatic nitrogens is 1. The Hall–Kier alpha value is -2.53. The van der Waals surface area contributed by atoms with E-state index in [4.69, 9.17) is 16.3 Å². The van der Waals surface area contributed by atoms with Crippen LogP contribution in [0.5, 0.6) is 0 Å². The normalized spacial score (nSPS) is 10.5. The Labute approximate surface area is 158 Å². The summed E-state index contributed by atoms with van der Waals surface area (Å²) in [7, 11) is 0. The number of nitrogens with zero attached hydrogens (tertiary/aromatic N) is 1. The Balaban J connectivity index is 2.45. The van der Waals surface area contributed by atoms with Gasteiger partial charge in [0.15, 0.2) is 0 Å². The molecular formula is C20H23ClN2O3. The lowest BCUT2D eigenvalue weighted by Crippen LogP contribution is -2.14. The van der Waals surface area contributed by atoms with Gasteiger partial charge in [0.2, 0.25) is 0 Å². The highest BCUT2D eigenvalue weighted by atomic mass is 35.5. The molecule has 1 aromatic carbocycles. The molecule has 0 saturated carbocycles. The second kappa shape index (κ2) is 8.23. The second-order valence-electron chi connectivity index (χ2n) is 5.97. The number of rotatable bonds is 6. The summed E-state index contributed by atoms with van der Waals surface area (Å²) in [6.07, 6.45) is 1.68. The van der Waals surface area contributed by atoms with Crippen LogP contribution in [0.2, 0.25) is 5.02 Å². The van der Waals surface area contributed by atoms with Gasteiger partial charge in [0.05, 0.1) is 12.2 Å². The van der Waals surface area contributed by atoms with Crippen LogP contribution in [0.4, 0.5) is 5.69 Å². The van der Waals surface area contributed by atoms with Gasteiger partial charge in [-0.1, -0.05) is 23.7 Å². The van der Waals surface area contributed by atoms with Crippen LogP contribution in [0.3, 0.4) is 0 Å². The molecule has 0 fully saturated rings. The molecule has 138 valence electrons. The summed E-state index contributed by atoms with van der Waals surface area (Å²) in [6.45, 7) is 11.6. The van der Waals surface area contributed by atoms with Crippen LogP contribution >= 0.6 is 11.6 Å². The summed E-state index contributed by atoms with van der Waals surface area (Å²) in [5.74, 6) is -0.749. The van der Waals surface area contributed by atoms with E-state index in [1.54, 1.807) is 43.5 Å². The predicted octanol–water partition coefficient (Wildman–Crippen LogP) is 4.68. The molecule has 0 spiro atoms. The molecule has 0 saturated heterocycles. The number of anilines is 1. The molecule has 26 heavy (non-hydrogen) atoms. The zero-order valence-corrected chi connectivity index (χ0v) is 16.2. The van der Waals surface area contributed by atoms with Crippen LogP contribution < -0.4 is 5.32 Å². The third kappa shape index (κ3) is 3.83. The van der Waals surface area contributed by atoms with Crippen molar-refractivity contribution in [2.75, 3.05) is 11.9 Å². The number of esters is 1. The van der Waals surface area contributed by atoms with Gasteiger partial charge >= 0.3 is 5.97 Å². The average Bonchev–Trinajstić information content (AvgIpc) is 2.82. The van der Waals surface area contributed by atoms with Gasteiger partial charge in [-0.2, -0.15) is 0 Å². The maximum absolute atomic E-state index is 12.9. The Morgan fingerprint density at radius 2 is 2.00 bits per heavy atom. The predicted molar refractivity (Wildman–Crippen MR) is 104 cm³/mol. The maximum atomic E-state index is 12.9. The number of carbonyl (C=O) groups is 2. The number of halogens is 1. The highest BCUT2D eigenvalue weighted by Gasteiger charge is 2.26. The van der Waals surface area contributed by atoms with E-state index in [9.17, 15) is 9.59 Å². The SMILES string of the molecule is C=CCn1c(C)c(C(=O)Nc2ccc(C)c(Cl)c2)c(C)c1C(=O)OCC. The topological polar surface area (TPSA) is 60.3 Å². The summed E-state index contributed by atoms with van der Waals surface area (Å²) >= 11 is 6.13. The fourth-order valence-corrected chi connectivity index (χ4v) is 3.09. The minimum atomic E-state index is -0.451. The first-order chi connectivity index (χ1) is 12.3. The fourth-order valence-electron chi connectivity index (χ4n) is 2.91. The van der Waals surface area contributed by atoms with Gasteiger partial charge in [-0.25, -0.2) is 4.79 Å². The van der Waals surface area contributed by atoms with E-state index in [1.165, 1.54) is 0 Å². The second-order valence-corrected chi connectivity index (χ2v) is 6.38. The van der Waals surface area contributed by atoms with Gasteiger partial charge < -0.3 is 14.6 Å². The highest BCUT2D eigenvalue weighted by Crippen LogP contribution is 2.26. The molecule has 0 aliphatic carbocycles. The van der Waals surface area contributed by atoms with Crippen molar-refractivity contribution in [2.24, 2.45) is 0 Å². The van der Waals surface area contributed by atoms with Crippen molar-refractivity contribution in [1.82, 2.24) is 4.57 Å². The first-order valence-corrected chi connectivity index (χ1v) is 8.74. The summed E-state index contributed by atoms with van der Waals surface area (Å²) in [4.78, 5) is 25.2. The minimum absolute atomic E-state index is 0.264. The summed E-state index contributed by atoms with van der Waals surface area (Å²) in [6, 6.07) is 5.33. The number of aryl methyl sites for hydroxylation is 1. The van der Waals surface area contributed by atoms with E-state index < -0.39 is 5.97 Å². The lowest BCUT2D eigenvalue weighted by molar-refractivity contribution is 0.0513. The molecule has 0 atom stereocenters. The molecule has 0 unspecified atom stereocenters. The number of nitrogens with one attached hydrogen (secondary N) is 1. The molecule has 0 radical (unpaired) electrons. The van der Waals surface area contributed by atoms with E-state index in [-0.39, 0.29) is 12.5 Å². The lowest BCUT2D eigenvalue weighted by Gasteiger charge is -2.09. The number of carbonyl (C=O) groups excluding carboxylic acids is 2. The number of amides is 1. The van der Waals surface area contributed by atoms with Crippen molar-refractivity contribution in [3.8, 4) is 0 Å². The number of hydrogen-bond donors (Lipinski definition) is 1. The minimum Gasteiger partial charge on any atom is -0.461 e. The average molecular weight is 375 g/mol. The highest BCUT2D eigenvalue weighted by molar-refractivity contribution is 6.31. The van der Waals surface area contributed by atoms with Crippen molar-refractivity contribution < 1.29 is 14.3 Å². The number of allylic oxidation sites excluding steroid dienone is 1. The van der Waals surface area contributed by atoms with Gasteiger partial charge in [-0.3, -0.25) is 4.79 Å². The maximum Gasteiger partial charge on any atom is 0.355 e. The smallest absolute Gasteiger partial charge is 0.355 e. The molecule has 1 amide bonds. The largest absolute Gasteiger partial charge is 0.461 e. The summed E-state index contributed by atoms with van der Waals surface area (Å²) < 4.78 is 6.90. The molecule has 1 N–H and O–H groups in total. The molecule has 6 heteroatoms. The molecule has 0 bridgehead atoms. The van der Waals surface area contributed by atoms with E-state index in [0.717, 1.165) is 5.56 Å². The third-order valence-electron chi connectivity index (χ3n) is 4.20. The van der Waals surface area contributed by atoms with Crippen molar-refractivity contribution >= 4 is 29.2 Å². The van der Waals surface area contributed by atoms with E-state index in [0.29, 0.717) is 39.8 Å². The molecule has 0 aliphatic heterocycles. The molecule has 5 nitrogen and oxygen atoms in total. The molecule has 2 rings (SSSR count). The fraction of sp³-hybridized carbons (Fsp3) is 0.300. The monoisotopic (exact) mass is 374 g/mol. The Kier molecular flexibility index (Phi) is 6.27. The van der Waals surface area contributed by atoms with Gasteiger partial charge in [0.25, 0.3) is 5.91 Å². The lowest BCUT2D eigenvalue weighted by atomic mass is 10.1. The van der Waals surface area contributed by atoms with Crippen molar-refractivity contribution in [1.29, 1.82) is 0 Å².